The van der Waals surface area contributed by atoms with Crippen LogP contribution < -0.4 is 0 Å². The average Bonchev–Trinajstić information content (AvgIpc) is 2.69. The zero-order chi connectivity index (χ0) is 17.9. The molecule has 0 unspecified atom stereocenters. The van der Waals surface area contributed by atoms with Crippen molar-refractivity contribution in [1.82, 2.24) is 9.80 Å². The minimum atomic E-state index is -0.165. The van der Waals surface area contributed by atoms with Gasteiger partial charge in [0.05, 0.1) is 0 Å². The SMILES string of the molecule is O=C(c1ccc2ccccc2c1)N1CCN(Cc2ccccc2F)CC1. The molecule has 4 rings (SSSR count). The quantitative estimate of drug-likeness (QED) is 0.716. The number of hydrogen-bond donors (Lipinski definition) is 0. The summed E-state index contributed by atoms with van der Waals surface area (Å²) in [5, 5.41) is 2.22. The van der Waals surface area contributed by atoms with Crippen LogP contribution in [0.1, 0.15) is 15.9 Å². The molecule has 0 spiro atoms. The Morgan fingerprint density at radius 3 is 2.31 bits per heavy atom. The lowest BCUT2D eigenvalue weighted by atomic mass is 10.1. The lowest BCUT2D eigenvalue weighted by Gasteiger charge is -2.34. The maximum atomic E-state index is 13.8. The predicted molar refractivity (Wildman–Crippen MR) is 102 cm³/mol. The molecule has 132 valence electrons. The Hall–Kier alpha value is -2.72. The van der Waals surface area contributed by atoms with Crippen molar-refractivity contribution in [3.05, 3.63) is 83.7 Å². The molecule has 1 aliphatic rings. The van der Waals surface area contributed by atoms with E-state index in [1.165, 1.54) is 6.07 Å². The molecule has 4 heteroatoms. The lowest BCUT2D eigenvalue weighted by Crippen LogP contribution is -2.48. The van der Waals surface area contributed by atoms with Gasteiger partial charge in [-0.15, -0.1) is 0 Å². The first kappa shape index (κ1) is 16.7. The van der Waals surface area contributed by atoms with Crippen molar-refractivity contribution in [1.29, 1.82) is 0 Å². The Balaban J connectivity index is 1.40. The van der Waals surface area contributed by atoms with E-state index in [-0.39, 0.29) is 11.7 Å². The van der Waals surface area contributed by atoms with Gasteiger partial charge >= 0.3 is 0 Å². The number of fused-ring (bicyclic) bond motifs is 1. The summed E-state index contributed by atoms with van der Waals surface area (Å²) in [6.07, 6.45) is 0. The molecule has 1 saturated heterocycles. The maximum absolute atomic E-state index is 13.8. The van der Waals surface area contributed by atoms with Crippen LogP contribution in [0.3, 0.4) is 0 Å². The van der Waals surface area contributed by atoms with Gasteiger partial charge in [-0.1, -0.05) is 48.5 Å². The summed E-state index contributed by atoms with van der Waals surface area (Å²) in [4.78, 5) is 16.9. The summed E-state index contributed by atoms with van der Waals surface area (Å²) >= 11 is 0. The average molecular weight is 348 g/mol. The van der Waals surface area contributed by atoms with Crippen LogP contribution in [0, 0.1) is 5.82 Å². The molecule has 3 aromatic carbocycles. The van der Waals surface area contributed by atoms with Crippen LogP contribution >= 0.6 is 0 Å². The van der Waals surface area contributed by atoms with Gasteiger partial charge in [0.1, 0.15) is 5.82 Å². The van der Waals surface area contributed by atoms with E-state index >= 15 is 0 Å². The van der Waals surface area contributed by atoms with Crippen LogP contribution in [0.4, 0.5) is 4.39 Å². The smallest absolute Gasteiger partial charge is 0.253 e. The van der Waals surface area contributed by atoms with Gasteiger partial charge in [0.25, 0.3) is 5.91 Å². The lowest BCUT2D eigenvalue weighted by molar-refractivity contribution is 0.0627. The second-order valence-corrected chi connectivity index (χ2v) is 6.72. The molecule has 26 heavy (non-hydrogen) atoms. The third kappa shape index (κ3) is 3.46. The molecule has 1 fully saturated rings. The number of hydrogen-bond acceptors (Lipinski definition) is 2. The predicted octanol–water partition coefficient (Wildman–Crippen LogP) is 3.94. The number of rotatable bonds is 3. The Bertz CT molecular complexity index is 932. The summed E-state index contributed by atoms with van der Waals surface area (Å²) in [6, 6.07) is 20.8. The molecule has 1 heterocycles. The van der Waals surface area contributed by atoms with Crippen LogP contribution in [-0.2, 0) is 6.54 Å². The van der Waals surface area contributed by atoms with E-state index in [1.807, 2.05) is 59.5 Å². The van der Waals surface area contributed by atoms with E-state index in [2.05, 4.69) is 4.90 Å². The first-order valence-corrected chi connectivity index (χ1v) is 8.94. The fourth-order valence-corrected chi connectivity index (χ4v) is 3.48. The van der Waals surface area contributed by atoms with E-state index < -0.39 is 0 Å². The number of benzene rings is 3. The fourth-order valence-electron chi connectivity index (χ4n) is 3.48. The molecule has 0 bridgehead atoms. The number of piperazine rings is 1. The second kappa shape index (κ2) is 7.26. The third-order valence-corrected chi connectivity index (χ3v) is 5.01. The van der Waals surface area contributed by atoms with Crippen molar-refractivity contribution in [3.63, 3.8) is 0 Å². The largest absolute Gasteiger partial charge is 0.336 e. The topological polar surface area (TPSA) is 23.6 Å². The number of amides is 1. The molecule has 3 nitrogen and oxygen atoms in total. The molecule has 0 radical (unpaired) electrons. The molecular formula is C22H21FN2O. The first-order chi connectivity index (χ1) is 12.7. The van der Waals surface area contributed by atoms with E-state index in [9.17, 15) is 9.18 Å². The van der Waals surface area contributed by atoms with E-state index in [0.717, 1.165) is 29.4 Å². The van der Waals surface area contributed by atoms with Crippen LogP contribution in [0.2, 0.25) is 0 Å². The third-order valence-electron chi connectivity index (χ3n) is 5.01. The first-order valence-electron chi connectivity index (χ1n) is 8.94. The number of carbonyl (C=O) groups excluding carboxylic acids is 1. The highest BCUT2D eigenvalue weighted by Gasteiger charge is 2.22. The van der Waals surface area contributed by atoms with Gasteiger partial charge in [-0.05, 0) is 29.0 Å². The Kier molecular flexibility index (Phi) is 4.67. The van der Waals surface area contributed by atoms with Crippen molar-refractivity contribution in [2.24, 2.45) is 0 Å². The van der Waals surface area contributed by atoms with Crippen LogP contribution in [-0.4, -0.2) is 41.9 Å². The van der Waals surface area contributed by atoms with E-state index in [1.54, 1.807) is 6.07 Å². The highest BCUT2D eigenvalue weighted by Crippen LogP contribution is 2.18. The molecule has 0 saturated carbocycles. The standard InChI is InChI=1S/C22H21FN2O/c23-21-8-4-3-7-20(21)16-24-11-13-25(14-12-24)22(26)19-10-9-17-5-1-2-6-18(17)15-19/h1-10,15H,11-14,16H2. The minimum absolute atomic E-state index is 0.0706. The van der Waals surface area contributed by atoms with Crippen molar-refractivity contribution in [2.45, 2.75) is 6.54 Å². The van der Waals surface area contributed by atoms with E-state index in [4.69, 9.17) is 0 Å². The van der Waals surface area contributed by atoms with Crippen molar-refractivity contribution in [3.8, 4) is 0 Å². The minimum Gasteiger partial charge on any atom is -0.336 e. The molecule has 3 aromatic rings. The zero-order valence-corrected chi connectivity index (χ0v) is 14.6. The highest BCUT2D eigenvalue weighted by atomic mass is 19.1. The highest BCUT2D eigenvalue weighted by molar-refractivity contribution is 5.98. The molecule has 1 amide bonds. The van der Waals surface area contributed by atoms with E-state index in [0.29, 0.717) is 25.2 Å². The van der Waals surface area contributed by atoms with Crippen molar-refractivity contribution >= 4 is 16.7 Å². The van der Waals surface area contributed by atoms with Gasteiger partial charge < -0.3 is 4.90 Å². The molecule has 1 aliphatic heterocycles. The summed E-state index contributed by atoms with van der Waals surface area (Å²) in [6.45, 7) is 3.44. The van der Waals surface area contributed by atoms with Gasteiger partial charge in [0.15, 0.2) is 0 Å². The Labute approximate surface area is 152 Å². The normalized spacial score (nSPS) is 15.3. The van der Waals surface area contributed by atoms with Crippen molar-refractivity contribution in [2.75, 3.05) is 26.2 Å². The monoisotopic (exact) mass is 348 g/mol. The van der Waals surface area contributed by atoms with Gasteiger partial charge in [-0.3, -0.25) is 9.69 Å². The van der Waals surface area contributed by atoms with Gasteiger partial charge in [0, 0.05) is 43.9 Å². The molecule has 0 N–H and O–H groups in total. The van der Waals surface area contributed by atoms with Gasteiger partial charge in [0.2, 0.25) is 0 Å². The second-order valence-electron chi connectivity index (χ2n) is 6.72. The van der Waals surface area contributed by atoms with Crippen LogP contribution in [0.25, 0.3) is 10.8 Å². The molecular weight excluding hydrogens is 327 g/mol. The summed E-state index contributed by atoms with van der Waals surface area (Å²) in [5.41, 5.74) is 1.44. The molecule has 0 atom stereocenters. The van der Waals surface area contributed by atoms with Gasteiger partial charge in [-0.25, -0.2) is 4.39 Å². The number of carbonyl (C=O) groups is 1. The Morgan fingerprint density at radius 2 is 1.54 bits per heavy atom. The zero-order valence-electron chi connectivity index (χ0n) is 14.6. The Morgan fingerprint density at radius 1 is 0.846 bits per heavy atom. The van der Waals surface area contributed by atoms with Gasteiger partial charge in [-0.2, -0.15) is 0 Å². The summed E-state index contributed by atoms with van der Waals surface area (Å²) in [5.74, 6) is -0.0940. The molecule has 0 aromatic heterocycles. The van der Waals surface area contributed by atoms with Crippen LogP contribution in [0.5, 0.6) is 0 Å². The number of halogens is 1. The molecule has 0 aliphatic carbocycles. The van der Waals surface area contributed by atoms with Crippen LogP contribution in [0.15, 0.2) is 66.7 Å². The fraction of sp³-hybridized carbons (Fsp3) is 0.227. The number of nitrogens with zero attached hydrogens (tertiary/aromatic N) is 2. The summed E-state index contributed by atoms with van der Waals surface area (Å²) < 4.78 is 13.8. The maximum Gasteiger partial charge on any atom is 0.253 e. The summed E-state index contributed by atoms with van der Waals surface area (Å²) in [7, 11) is 0. The van der Waals surface area contributed by atoms with Crippen molar-refractivity contribution < 1.29 is 9.18 Å².